The number of hydrogen-bond acceptors (Lipinski definition) is 9. The van der Waals surface area contributed by atoms with Crippen molar-refractivity contribution < 1.29 is 57.0 Å². The van der Waals surface area contributed by atoms with Gasteiger partial charge in [0.25, 0.3) is 0 Å². The normalized spacial score (nSPS) is 16.4. The van der Waals surface area contributed by atoms with Crippen LogP contribution in [0.4, 0.5) is 17.6 Å². The van der Waals surface area contributed by atoms with Crippen LogP contribution in [0.1, 0.15) is 77.0 Å². The maximum atomic E-state index is 13.7. The predicted molar refractivity (Wildman–Crippen MR) is 349 cm³/mol. The summed E-state index contributed by atoms with van der Waals surface area (Å²) in [5.74, 6) is -0.504. The summed E-state index contributed by atoms with van der Waals surface area (Å²) in [7, 11) is -10.7. The fourth-order valence-electron chi connectivity index (χ4n) is 9.95. The minimum absolute atomic E-state index is 0.0723. The number of halogens is 11. The van der Waals surface area contributed by atoms with Crippen LogP contribution in [-0.4, -0.2) is 102 Å². The Balaban J connectivity index is 0.000000162. The standard InChI is InChI=1S/C23H18ClF4NO3S.C22H18Cl3NO3S.C20H22Cl3NO3S/c24-16-10-8-15(9-11-16)22(20-6-1-2-7-21(20)23(26,27)28)32-18-13-29(14-18)33(30,31)19-5-3-4-17(25)12-19;23-16-8-6-15(7-9-16)22(20-11-10-17(24)12-21(20)25)29-18-13-26(14-18)30(27,28)19-4-2-1-3-5-19;1-2-3-10-28(25,26)24-12-17(13-24)27-20(14-4-6-15(21)7-5-14)18-9-8-16(22)11-19(18)23/h1-12,18,22H,13-14H2;1-12,18,22H,13-14H2;4-9,11,17,20H,2-3,10,12-13H2,1H3. The molecule has 8 aromatic rings. The van der Waals surface area contributed by atoms with Gasteiger partial charge < -0.3 is 14.2 Å². The number of nitrogens with zero attached hydrogens (tertiary/aromatic N) is 3. The van der Waals surface area contributed by atoms with Crippen molar-refractivity contribution in [1.29, 1.82) is 0 Å². The lowest BCUT2D eigenvalue weighted by molar-refractivity contribution is -0.140. The van der Waals surface area contributed by atoms with Crippen LogP contribution in [0, 0.1) is 5.82 Å². The van der Waals surface area contributed by atoms with Crippen LogP contribution in [0.15, 0.2) is 198 Å². The fourth-order valence-corrected chi connectivity index (χ4v) is 16.1. The van der Waals surface area contributed by atoms with E-state index >= 15 is 0 Å². The third-order valence-electron chi connectivity index (χ3n) is 15.0. The predicted octanol–water partition coefficient (Wildman–Crippen LogP) is 17.1. The largest absolute Gasteiger partial charge is 0.416 e. The highest BCUT2D eigenvalue weighted by Gasteiger charge is 2.43. The van der Waals surface area contributed by atoms with Gasteiger partial charge in [0.15, 0.2) is 0 Å². The van der Waals surface area contributed by atoms with E-state index in [1.165, 1.54) is 38.9 Å². The Morgan fingerprint density at radius 1 is 0.440 bits per heavy atom. The van der Waals surface area contributed by atoms with Crippen molar-refractivity contribution in [1.82, 2.24) is 12.9 Å². The maximum absolute atomic E-state index is 13.7. The Labute approximate surface area is 562 Å². The molecular weight excluding hydrogens is 1390 g/mol. The van der Waals surface area contributed by atoms with E-state index in [-0.39, 0.29) is 59.5 Å². The molecule has 12 nitrogen and oxygen atoms in total. The van der Waals surface area contributed by atoms with Crippen molar-refractivity contribution >= 4 is 111 Å². The topological polar surface area (TPSA) is 140 Å². The molecule has 0 radical (unpaired) electrons. The second kappa shape index (κ2) is 30.7. The summed E-state index contributed by atoms with van der Waals surface area (Å²) in [4.78, 5) is 0.0797. The molecule has 0 bridgehead atoms. The summed E-state index contributed by atoms with van der Waals surface area (Å²) in [6, 6.07) is 49.5. The molecule has 482 valence electrons. The van der Waals surface area contributed by atoms with Gasteiger partial charge in [-0.1, -0.05) is 186 Å². The zero-order chi connectivity index (χ0) is 65.4. The number of benzene rings is 8. The summed E-state index contributed by atoms with van der Waals surface area (Å²) >= 11 is 42.9. The highest BCUT2D eigenvalue weighted by molar-refractivity contribution is 7.89. The number of alkyl halides is 3. The highest BCUT2D eigenvalue weighted by atomic mass is 35.5. The molecule has 26 heteroatoms. The summed E-state index contributed by atoms with van der Waals surface area (Å²) in [6.45, 7) is 3.07. The number of rotatable bonds is 20. The van der Waals surface area contributed by atoms with Gasteiger partial charge >= 0.3 is 6.18 Å². The van der Waals surface area contributed by atoms with Crippen LogP contribution >= 0.6 is 81.2 Å². The first-order valence-electron chi connectivity index (χ1n) is 28.3. The smallest absolute Gasteiger partial charge is 0.363 e. The Kier molecular flexibility index (Phi) is 23.7. The van der Waals surface area contributed by atoms with Crippen LogP contribution in [0.5, 0.6) is 0 Å². The summed E-state index contributed by atoms with van der Waals surface area (Å²) in [5, 5.41) is 3.71. The van der Waals surface area contributed by atoms with Crippen molar-refractivity contribution in [3.05, 3.63) is 268 Å². The van der Waals surface area contributed by atoms with Gasteiger partial charge in [-0.25, -0.2) is 29.6 Å². The van der Waals surface area contributed by atoms with Crippen molar-refractivity contribution in [3.63, 3.8) is 0 Å². The molecule has 3 saturated heterocycles. The minimum Gasteiger partial charge on any atom is -0.363 e. The van der Waals surface area contributed by atoms with E-state index in [1.807, 2.05) is 43.3 Å². The minimum atomic E-state index is -4.60. The summed E-state index contributed by atoms with van der Waals surface area (Å²) in [6.07, 6.45) is -6.22. The monoisotopic (exact) mass is 1440 g/mol. The van der Waals surface area contributed by atoms with Crippen molar-refractivity contribution in [2.45, 2.75) is 72.4 Å². The van der Waals surface area contributed by atoms with Crippen LogP contribution in [0.2, 0.25) is 35.2 Å². The molecule has 3 aliphatic rings. The molecule has 8 aromatic carbocycles. The fraction of sp³-hybridized carbons (Fsp3) is 0.262. The first-order chi connectivity index (χ1) is 43.2. The average Bonchev–Trinajstić information content (AvgIpc) is 0.828. The Morgan fingerprint density at radius 3 is 1.22 bits per heavy atom. The molecule has 3 fully saturated rings. The van der Waals surface area contributed by atoms with E-state index in [4.69, 9.17) is 95.4 Å². The van der Waals surface area contributed by atoms with Crippen molar-refractivity contribution in [2.75, 3.05) is 45.0 Å². The first-order valence-corrected chi connectivity index (χ1v) is 35.4. The quantitative estimate of drug-likeness (QED) is 0.0682. The second-order valence-corrected chi connectivity index (χ2v) is 30.3. The van der Waals surface area contributed by atoms with Gasteiger partial charge in [0.1, 0.15) is 24.1 Å². The van der Waals surface area contributed by atoms with E-state index in [1.54, 1.807) is 103 Å². The molecule has 3 heterocycles. The van der Waals surface area contributed by atoms with E-state index < -0.39 is 72.0 Å². The van der Waals surface area contributed by atoms with Gasteiger partial charge in [-0.15, -0.1) is 0 Å². The van der Waals surface area contributed by atoms with Crippen molar-refractivity contribution in [3.8, 4) is 0 Å². The lowest BCUT2D eigenvalue weighted by Gasteiger charge is -2.40. The van der Waals surface area contributed by atoms with E-state index in [0.717, 1.165) is 51.2 Å². The molecule has 0 aromatic heterocycles. The van der Waals surface area contributed by atoms with E-state index in [9.17, 15) is 42.8 Å². The van der Waals surface area contributed by atoms with Gasteiger partial charge in [0, 0.05) is 85.6 Å². The zero-order valence-electron chi connectivity index (χ0n) is 48.1. The molecule has 91 heavy (non-hydrogen) atoms. The molecule has 11 rings (SSSR count). The molecule has 3 unspecified atom stereocenters. The first kappa shape index (κ1) is 70.4. The van der Waals surface area contributed by atoms with Gasteiger partial charge in [-0.05, 0) is 126 Å². The third kappa shape index (κ3) is 17.9. The lowest BCUT2D eigenvalue weighted by Crippen LogP contribution is -2.55. The molecule has 0 N–H and O–H groups in total. The van der Waals surface area contributed by atoms with Crippen LogP contribution in [0.3, 0.4) is 0 Å². The van der Waals surface area contributed by atoms with Crippen LogP contribution in [0.25, 0.3) is 0 Å². The zero-order valence-corrected chi connectivity index (χ0v) is 55.9. The molecule has 0 spiro atoms. The molecular formula is C65H58Cl7F4N3O9S3. The molecule has 0 amide bonds. The Bertz CT molecular complexity index is 4140. The lowest BCUT2D eigenvalue weighted by atomic mass is 9.96. The van der Waals surface area contributed by atoms with E-state index in [2.05, 4.69) is 0 Å². The SMILES string of the molecule is CCCCS(=O)(=O)N1CC(OC(c2ccc(Cl)cc2)c2ccc(Cl)cc2Cl)C1.O=S(=O)(c1cccc(F)c1)N1CC(OC(c2ccc(Cl)cc2)c2ccccc2C(F)(F)F)C1.O=S(=O)(c1ccccc1)N1CC(OC(c2ccc(Cl)cc2)c2ccc(Cl)cc2Cl)C1. The Hall–Kier alpha value is -4.88. The number of ether oxygens (including phenoxy) is 3. The molecule has 0 saturated carbocycles. The summed E-state index contributed by atoms with van der Waals surface area (Å²) in [5.41, 5.74) is 2.82. The van der Waals surface area contributed by atoms with Crippen LogP contribution < -0.4 is 0 Å². The highest BCUT2D eigenvalue weighted by Crippen LogP contribution is 2.42. The van der Waals surface area contributed by atoms with Crippen molar-refractivity contribution in [2.24, 2.45) is 0 Å². The molecule has 3 aliphatic heterocycles. The maximum Gasteiger partial charge on any atom is 0.416 e. The van der Waals surface area contributed by atoms with Gasteiger partial charge in [-0.2, -0.15) is 26.1 Å². The van der Waals surface area contributed by atoms with Gasteiger partial charge in [-0.3, -0.25) is 0 Å². The van der Waals surface area contributed by atoms with E-state index in [0.29, 0.717) is 60.2 Å². The number of hydrogen-bond donors (Lipinski definition) is 0. The average molecular weight is 1450 g/mol. The molecule has 3 atom stereocenters. The van der Waals surface area contributed by atoms with Crippen LogP contribution in [-0.2, 0) is 50.5 Å². The van der Waals surface area contributed by atoms with Gasteiger partial charge in [0.2, 0.25) is 30.1 Å². The number of sulfonamides is 3. The molecule has 0 aliphatic carbocycles. The van der Waals surface area contributed by atoms with Gasteiger partial charge in [0.05, 0.1) is 39.4 Å². The summed E-state index contributed by atoms with van der Waals surface area (Å²) < 4.78 is 152. The third-order valence-corrected chi connectivity index (χ3v) is 22.4. The number of unbranched alkanes of at least 4 members (excludes halogenated alkanes) is 1. The Morgan fingerprint density at radius 2 is 0.813 bits per heavy atom. The second-order valence-electron chi connectivity index (χ2n) is 21.4.